The monoisotopic (exact) mass is 451 g/mol. The van der Waals surface area contributed by atoms with Gasteiger partial charge in [0.05, 0.1) is 6.41 Å². The molecular formula is C10H12FmNO3-. The van der Waals surface area contributed by atoms with Crippen molar-refractivity contribution in [2.45, 2.75) is 13.8 Å². The second-order valence-electron chi connectivity index (χ2n) is 2.11. The Kier molecular flexibility index (Phi) is 7.62. The summed E-state index contributed by atoms with van der Waals surface area (Å²) in [6.45, 7) is 4.00. The summed E-state index contributed by atoms with van der Waals surface area (Å²) < 4.78 is 0. The van der Waals surface area contributed by atoms with Crippen LogP contribution in [0.25, 0.3) is 0 Å². The van der Waals surface area contributed by atoms with E-state index in [2.05, 4.69) is 5.32 Å². The van der Waals surface area contributed by atoms with E-state index in [1.807, 2.05) is 13.8 Å². The molecule has 15 heavy (non-hydrogen) atoms. The molecule has 1 rings (SSSR count). The minimum absolute atomic E-state index is 0. The molecule has 0 bridgehead atoms. The van der Waals surface area contributed by atoms with Gasteiger partial charge in [-0.2, -0.15) is 0 Å². The van der Waals surface area contributed by atoms with E-state index in [-0.39, 0.29) is 5.56 Å². The van der Waals surface area contributed by atoms with Crippen LogP contribution in [0, 0.1) is 0 Å². The maximum atomic E-state index is 10.4. The third kappa shape index (κ3) is 4.67. The van der Waals surface area contributed by atoms with Crippen LogP contribution in [0.1, 0.15) is 24.2 Å². The average Bonchev–Trinajstić information content (AvgIpc) is 2.22. The van der Waals surface area contributed by atoms with Gasteiger partial charge in [-0.3, -0.25) is 0 Å². The molecule has 0 aromatic heterocycles. The summed E-state index contributed by atoms with van der Waals surface area (Å²) >= 11 is 0. The Labute approximate surface area is 82.6 Å². The maximum Gasteiger partial charge on any atom is 0.334 e. The van der Waals surface area contributed by atoms with Gasteiger partial charge in [0.1, 0.15) is 0 Å². The van der Waals surface area contributed by atoms with Crippen molar-refractivity contribution < 1.29 is 14.7 Å². The Bertz CT molecular complexity index is 315. The van der Waals surface area contributed by atoms with E-state index in [1.54, 1.807) is 12.1 Å². The van der Waals surface area contributed by atoms with Crippen molar-refractivity contribution >= 4 is 18.1 Å². The molecule has 0 aliphatic rings. The van der Waals surface area contributed by atoms with Gasteiger partial charge in [0.15, 0.2) is 0 Å². The largest absolute Gasteiger partial charge is 0.490 e. The number of rotatable bonds is 3. The zero-order valence-corrected chi connectivity index (χ0v) is 10.8. The van der Waals surface area contributed by atoms with Crippen molar-refractivity contribution in [2.24, 2.45) is 0 Å². The number of hydrogen-bond acceptors (Lipinski definition) is 2. The van der Waals surface area contributed by atoms with Crippen LogP contribution in [0.15, 0.2) is 24.3 Å². The second kappa shape index (κ2) is 7.79. The van der Waals surface area contributed by atoms with Gasteiger partial charge in [-0.15, -0.1) is 17.8 Å². The van der Waals surface area contributed by atoms with Crippen LogP contribution >= 0.6 is 0 Å². The van der Waals surface area contributed by atoms with Crippen LogP contribution in [-0.2, 0) is 4.79 Å². The number of carbonyl (C=O) groups excluding carboxylic acids is 1. The summed E-state index contributed by atoms with van der Waals surface area (Å²) in [6.07, 6.45) is 1.46. The molecule has 5 heteroatoms. The minimum Gasteiger partial charge on any atom is -0.490 e. The van der Waals surface area contributed by atoms with E-state index in [9.17, 15) is 9.59 Å². The molecule has 2 N–H and O–H groups in total. The normalized spacial score (nSPS) is 7.60. The van der Waals surface area contributed by atoms with E-state index in [0.717, 1.165) is 0 Å². The smallest absolute Gasteiger partial charge is 0.334 e. The molecule has 0 saturated heterocycles. The van der Waals surface area contributed by atoms with Crippen molar-refractivity contribution in [2.75, 3.05) is 5.32 Å². The van der Waals surface area contributed by atoms with Crippen molar-refractivity contribution in [1.82, 2.24) is 0 Å². The molecule has 1 amide bonds. The van der Waals surface area contributed by atoms with Gasteiger partial charge in [0.2, 0.25) is 0 Å². The molecule has 0 saturated carbocycles. The summed E-state index contributed by atoms with van der Waals surface area (Å²) in [6, 6.07) is 5.92. The SMILES string of the molecule is CC.O=[C-]Nc1cccc(C(=O)O)c1.[Fm]. The zero-order valence-electron chi connectivity index (χ0n) is 8.36. The molecule has 0 heterocycles. The standard InChI is InChI=1S/C8H6NO3.C2H6.Fm/c10-5-9-7-3-1-2-6(4-7)8(11)12;1-2;/h1-4H,(H,9,10)(H,11,12);1-2H3;/q-1;;. The molecule has 4 nitrogen and oxygen atoms in total. The van der Waals surface area contributed by atoms with E-state index in [1.165, 1.54) is 18.5 Å². The minimum atomic E-state index is -1.02. The number of aromatic carboxylic acids is 1. The van der Waals surface area contributed by atoms with Crippen molar-refractivity contribution in [3.8, 4) is 0 Å². The summed E-state index contributed by atoms with van der Waals surface area (Å²) in [5.41, 5.74) is 0.556. The van der Waals surface area contributed by atoms with Crippen LogP contribution in [0.5, 0.6) is 0 Å². The van der Waals surface area contributed by atoms with Crippen molar-refractivity contribution in [1.29, 1.82) is 0 Å². The van der Waals surface area contributed by atoms with Gasteiger partial charge in [0, 0.05) is 5.56 Å². The average molecular weight is 451 g/mol. The fourth-order valence-corrected chi connectivity index (χ4v) is 0.789. The van der Waals surface area contributed by atoms with E-state index < -0.39 is 5.97 Å². The first-order valence-corrected chi connectivity index (χ1v) is 4.20. The molecule has 0 atom stereocenters. The second-order valence-corrected chi connectivity index (χ2v) is 2.11. The van der Waals surface area contributed by atoms with Crippen LogP contribution in [0.2, 0.25) is 0 Å². The Balaban J connectivity index is 0. The van der Waals surface area contributed by atoms with Crippen LogP contribution in [0.3, 0.4) is 0 Å². The number of amides is 1. The number of hydrogen-bond donors (Lipinski definition) is 2. The van der Waals surface area contributed by atoms with Gasteiger partial charge in [0.25, 0.3) is 0 Å². The molecular weight excluding hydrogens is 439 g/mol. The number of carbonyl (C=O) groups is 1. The Morgan fingerprint density at radius 1 is 1.40 bits per heavy atom. The summed E-state index contributed by atoms with van der Waals surface area (Å²) in [4.78, 5) is 20.3. The number of anilines is 1. The molecule has 0 fully saturated rings. The van der Waals surface area contributed by atoms with E-state index in [0.29, 0.717) is 5.69 Å². The topological polar surface area (TPSA) is 66.4 Å². The van der Waals surface area contributed by atoms with Crippen LogP contribution < -0.4 is 5.32 Å². The first-order chi connectivity index (χ1) is 6.74. The van der Waals surface area contributed by atoms with Crippen molar-refractivity contribution in [3.63, 3.8) is 0 Å². The first-order valence-electron chi connectivity index (χ1n) is 4.20. The molecule has 1 aromatic carbocycles. The molecule has 88 valence electrons. The summed E-state index contributed by atoms with van der Waals surface area (Å²) in [5.74, 6) is -1.02. The Morgan fingerprint density at radius 2 is 2.00 bits per heavy atom. The van der Waals surface area contributed by atoms with Crippen LogP contribution in [0.4, 0.5) is 5.69 Å². The van der Waals surface area contributed by atoms with Crippen LogP contribution in [-0.4, -0.2) is 17.5 Å². The third-order valence-corrected chi connectivity index (χ3v) is 1.30. The van der Waals surface area contributed by atoms with E-state index >= 15 is 0 Å². The van der Waals surface area contributed by atoms with Gasteiger partial charge in [-0.25, -0.2) is 4.79 Å². The predicted octanol–water partition coefficient (Wildman–Crippen LogP) is 1.89. The summed E-state index contributed by atoms with van der Waals surface area (Å²) in [5, 5.41) is 10.8. The molecule has 1 aromatic rings. The zero-order chi connectivity index (χ0) is 11.0. The van der Waals surface area contributed by atoms with E-state index in [4.69, 9.17) is 5.11 Å². The Hall–Kier alpha value is -2.84. The number of carboxylic acid groups (broad SMARTS) is 1. The van der Waals surface area contributed by atoms with Gasteiger partial charge >= 0.3 is 5.97 Å². The number of carboxylic acids is 1. The first kappa shape index (κ1) is 14.7. The quantitative estimate of drug-likeness (QED) is 0.545. The van der Waals surface area contributed by atoms with Gasteiger partial charge in [-0.1, -0.05) is 26.0 Å². The molecule has 0 radical (unpaired) electrons. The number of nitrogens with one attached hydrogen (secondary N) is 1. The maximum absolute atomic E-state index is 10.4. The molecule has 0 aliphatic carbocycles. The Morgan fingerprint density at radius 3 is 2.47 bits per heavy atom. The van der Waals surface area contributed by atoms with Crippen molar-refractivity contribution in [3.05, 3.63) is 29.8 Å². The van der Waals surface area contributed by atoms with Gasteiger partial charge < -0.3 is 15.2 Å². The van der Waals surface area contributed by atoms with Gasteiger partial charge in [-0.05, 0) is 0 Å². The molecule has 0 spiro atoms. The number of benzene rings is 1. The fraction of sp³-hybridized carbons (Fsp3) is 0.200. The molecule has 0 unspecified atom stereocenters. The third-order valence-electron chi connectivity index (χ3n) is 1.30. The molecule has 0 aliphatic heterocycles. The fourth-order valence-electron chi connectivity index (χ4n) is 0.789. The summed E-state index contributed by atoms with van der Waals surface area (Å²) in [7, 11) is 0. The predicted molar refractivity (Wildman–Crippen MR) is 54.1 cm³/mol.